The molecule has 2 unspecified atom stereocenters. The first kappa shape index (κ1) is 12.4. The second-order valence-electron chi connectivity index (χ2n) is 4.06. The molecule has 0 aliphatic rings. The van der Waals surface area contributed by atoms with E-state index in [-0.39, 0.29) is 5.92 Å². The normalized spacial score (nSPS) is 18.3. The second kappa shape index (κ2) is 4.61. The van der Waals surface area contributed by atoms with Crippen LogP contribution >= 0.6 is 0 Å². The van der Waals surface area contributed by atoms with E-state index in [0.29, 0.717) is 6.42 Å². The van der Waals surface area contributed by atoms with Gasteiger partial charge in [0, 0.05) is 0 Å². The van der Waals surface area contributed by atoms with E-state index in [1.54, 1.807) is 6.92 Å². The van der Waals surface area contributed by atoms with Gasteiger partial charge >= 0.3 is 5.97 Å². The number of carbonyl (C=O) groups is 1. The van der Waals surface area contributed by atoms with Crippen LogP contribution in [-0.4, -0.2) is 21.8 Å². The standard InChI is InChI=1S/C10H20O3/c1-5-6-8(9(11)12)10(4,13)7(2)3/h7-8,13H,5-6H2,1-4H3,(H,11,12). The molecule has 0 radical (unpaired) electrons. The first-order chi connectivity index (χ1) is 5.84. The van der Waals surface area contributed by atoms with Crippen LogP contribution in [-0.2, 0) is 4.79 Å². The monoisotopic (exact) mass is 188 g/mol. The molecule has 78 valence electrons. The minimum Gasteiger partial charge on any atom is -0.481 e. The van der Waals surface area contributed by atoms with Gasteiger partial charge in [-0.2, -0.15) is 0 Å². The Morgan fingerprint density at radius 1 is 1.46 bits per heavy atom. The van der Waals surface area contributed by atoms with Crippen molar-refractivity contribution in [2.24, 2.45) is 11.8 Å². The summed E-state index contributed by atoms with van der Waals surface area (Å²) in [4.78, 5) is 10.9. The van der Waals surface area contributed by atoms with E-state index in [1.807, 2.05) is 20.8 Å². The summed E-state index contributed by atoms with van der Waals surface area (Å²) >= 11 is 0. The Kier molecular flexibility index (Phi) is 4.40. The van der Waals surface area contributed by atoms with Crippen LogP contribution in [0.2, 0.25) is 0 Å². The largest absolute Gasteiger partial charge is 0.481 e. The highest BCUT2D eigenvalue weighted by Gasteiger charge is 2.39. The van der Waals surface area contributed by atoms with Crippen molar-refractivity contribution in [3.8, 4) is 0 Å². The SMILES string of the molecule is CCCC(C(=O)O)C(C)(O)C(C)C. The maximum Gasteiger partial charge on any atom is 0.309 e. The molecule has 0 aromatic heterocycles. The Bertz CT molecular complexity index is 173. The lowest BCUT2D eigenvalue weighted by Gasteiger charge is -2.33. The van der Waals surface area contributed by atoms with E-state index in [0.717, 1.165) is 6.42 Å². The van der Waals surface area contributed by atoms with Crippen molar-refractivity contribution >= 4 is 5.97 Å². The third-order valence-electron chi connectivity index (χ3n) is 2.75. The van der Waals surface area contributed by atoms with Crippen LogP contribution < -0.4 is 0 Å². The smallest absolute Gasteiger partial charge is 0.309 e. The quantitative estimate of drug-likeness (QED) is 0.692. The summed E-state index contributed by atoms with van der Waals surface area (Å²) < 4.78 is 0. The molecule has 2 N–H and O–H groups in total. The number of hydrogen-bond donors (Lipinski definition) is 2. The van der Waals surface area contributed by atoms with Gasteiger partial charge in [-0.15, -0.1) is 0 Å². The molecular weight excluding hydrogens is 168 g/mol. The van der Waals surface area contributed by atoms with Gasteiger partial charge in [0.05, 0.1) is 11.5 Å². The average Bonchev–Trinajstić information content (AvgIpc) is 1.98. The number of carboxylic acid groups (broad SMARTS) is 1. The Balaban J connectivity index is 4.61. The third kappa shape index (κ3) is 2.99. The van der Waals surface area contributed by atoms with Crippen molar-refractivity contribution in [2.75, 3.05) is 0 Å². The molecule has 0 spiro atoms. The van der Waals surface area contributed by atoms with E-state index in [2.05, 4.69) is 0 Å². The van der Waals surface area contributed by atoms with Gasteiger partial charge in [0.25, 0.3) is 0 Å². The predicted molar refractivity (Wildman–Crippen MR) is 51.5 cm³/mol. The van der Waals surface area contributed by atoms with Gasteiger partial charge in [-0.05, 0) is 19.3 Å². The van der Waals surface area contributed by atoms with Crippen LogP contribution in [0.1, 0.15) is 40.5 Å². The molecule has 0 bridgehead atoms. The first-order valence-corrected chi connectivity index (χ1v) is 4.79. The minimum absolute atomic E-state index is 0.0415. The maximum absolute atomic E-state index is 10.9. The average molecular weight is 188 g/mol. The van der Waals surface area contributed by atoms with Crippen LogP contribution in [0.3, 0.4) is 0 Å². The van der Waals surface area contributed by atoms with Gasteiger partial charge in [0.2, 0.25) is 0 Å². The van der Waals surface area contributed by atoms with Crippen LogP contribution in [0.15, 0.2) is 0 Å². The van der Waals surface area contributed by atoms with Crippen molar-refractivity contribution in [2.45, 2.75) is 46.1 Å². The lowest BCUT2D eigenvalue weighted by Crippen LogP contribution is -2.44. The molecule has 2 atom stereocenters. The number of aliphatic hydroxyl groups is 1. The highest BCUT2D eigenvalue weighted by Crippen LogP contribution is 2.29. The van der Waals surface area contributed by atoms with Gasteiger partial charge in [0.15, 0.2) is 0 Å². The molecule has 0 amide bonds. The summed E-state index contributed by atoms with van der Waals surface area (Å²) in [5.41, 5.74) is -1.11. The predicted octanol–water partition coefficient (Wildman–Crippen LogP) is 1.89. The van der Waals surface area contributed by atoms with Crippen molar-refractivity contribution in [3.05, 3.63) is 0 Å². The van der Waals surface area contributed by atoms with Crippen LogP contribution in [0, 0.1) is 11.8 Å². The van der Waals surface area contributed by atoms with Gasteiger partial charge < -0.3 is 10.2 Å². The summed E-state index contributed by atoms with van der Waals surface area (Å²) in [6, 6.07) is 0. The van der Waals surface area contributed by atoms with Crippen LogP contribution in [0.25, 0.3) is 0 Å². The van der Waals surface area contributed by atoms with Gasteiger partial charge in [-0.1, -0.05) is 27.2 Å². The molecule has 0 fully saturated rings. The van der Waals surface area contributed by atoms with E-state index in [4.69, 9.17) is 5.11 Å². The molecule has 3 nitrogen and oxygen atoms in total. The summed E-state index contributed by atoms with van der Waals surface area (Å²) in [6.45, 7) is 7.20. The molecule has 13 heavy (non-hydrogen) atoms. The highest BCUT2D eigenvalue weighted by atomic mass is 16.4. The zero-order valence-corrected chi connectivity index (χ0v) is 8.87. The van der Waals surface area contributed by atoms with E-state index >= 15 is 0 Å². The molecule has 0 saturated carbocycles. The summed E-state index contributed by atoms with van der Waals surface area (Å²) in [5.74, 6) is -1.60. The topological polar surface area (TPSA) is 57.5 Å². The van der Waals surface area contributed by atoms with Crippen molar-refractivity contribution in [1.82, 2.24) is 0 Å². The Labute approximate surface area is 79.8 Å². The fraction of sp³-hybridized carbons (Fsp3) is 0.900. The van der Waals surface area contributed by atoms with Crippen LogP contribution in [0.5, 0.6) is 0 Å². The minimum atomic E-state index is -1.11. The summed E-state index contributed by atoms with van der Waals surface area (Å²) in [7, 11) is 0. The Morgan fingerprint density at radius 2 is 1.92 bits per heavy atom. The van der Waals surface area contributed by atoms with E-state index in [9.17, 15) is 9.90 Å². The molecule has 0 rings (SSSR count). The summed E-state index contributed by atoms with van der Waals surface area (Å²) in [6.07, 6.45) is 1.31. The fourth-order valence-corrected chi connectivity index (χ4v) is 1.36. The van der Waals surface area contributed by atoms with Crippen molar-refractivity contribution < 1.29 is 15.0 Å². The third-order valence-corrected chi connectivity index (χ3v) is 2.75. The molecular formula is C10H20O3. The first-order valence-electron chi connectivity index (χ1n) is 4.79. The Hall–Kier alpha value is -0.570. The highest BCUT2D eigenvalue weighted by molar-refractivity contribution is 5.71. The fourth-order valence-electron chi connectivity index (χ4n) is 1.36. The van der Waals surface area contributed by atoms with Crippen molar-refractivity contribution in [3.63, 3.8) is 0 Å². The molecule has 3 heteroatoms. The second-order valence-corrected chi connectivity index (χ2v) is 4.06. The van der Waals surface area contributed by atoms with Crippen molar-refractivity contribution in [1.29, 1.82) is 0 Å². The van der Waals surface area contributed by atoms with Gasteiger partial charge in [-0.3, -0.25) is 4.79 Å². The number of hydrogen-bond acceptors (Lipinski definition) is 2. The van der Waals surface area contributed by atoms with Crippen LogP contribution in [0.4, 0.5) is 0 Å². The molecule has 0 aromatic rings. The van der Waals surface area contributed by atoms with E-state index < -0.39 is 17.5 Å². The lowest BCUT2D eigenvalue weighted by atomic mass is 9.78. The lowest BCUT2D eigenvalue weighted by molar-refractivity contribution is -0.155. The number of carboxylic acids is 1. The maximum atomic E-state index is 10.9. The van der Waals surface area contributed by atoms with E-state index in [1.165, 1.54) is 0 Å². The van der Waals surface area contributed by atoms with Gasteiger partial charge in [-0.25, -0.2) is 0 Å². The molecule has 0 aliphatic carbocycles. The molecule has 0 saturated heterocycles. The molecule has 0 heterocycles. The molecule has 0 aromatic carbocycles. The zero-order valence-electron chi connectivity index (χ0n) is 8.87. The number of aliphatic carboxylic acids is 1. The number of rotatable bonds is 5. The zero-order chi connectivity index (χ0) is 10.6. The summed E-state index contributed by atoms with van der Waals surface area (Å²) in [5, 5.41) is 18.9. The van der Waals surface area contributed by atoms with Gasteiger partial charge in [0.1, 0.15) is 0 Å². The molecule has 0 aliphatic heterocycles. The Morgan fingerprint density at radius 3 is 2.15 bits per heavy atom.